The highest BCUT2D eigenvalue weighted by atomic mass is 16.5. The van der Waals surface area contributed by atoms with Gasteiger partial charge in [-0.25, -0.2) is 0 Å². The van der Waals surface area contributed by atoms with E-state index in [-0.39, 0.29) is 18.4 Å². The molecule has 0 aromatic heterocycles. The van der Waals surface area contributed by atoms with Gasteiger partial charge in [0, 0.05) is 6.54 Å². The minimum absolute atomic E-state index is 0.0333. The largest absolute Gasteiger partial charge is 0.497 e. The summed E-state index contributed by atoms with van der Waals surface area (Å²) in [6, 6.07) is 16.5. The van der Waals surface area contributed by atoms with Crippen molar-refractivity contribution in [3.63, 3.8) is 0 Å². The van der Waals surface area contributed by atoms with Gasteiger partial charge in [0.2, 0.25) is 5.91 Å². The fraction of sp³-hybridized carbons (Fsp3) is 0.300. The molecule has 2 atom stereocenters. The summed E-state index contributed by atoms with van der Waals surface area (Å²) >= 11 is 0. The van der Waals surface area contributed by atoms with Gasteiger partial charge in [0.15, 0.2) is 0 Å². The van der Waals surface area contributed by atoms with Gasteiger partial charge in [-0.05, 0) is 41.8 Å². The Morgan fingerprint density at radius 1 is 1.32 bits per heavy atom. The summed E-state index contributed by atoms with van der Waals surface area (Å²) in [6.07, 6.45) is 0.242. The lowest BCUT2D eigenvalue weighted by molar-refractivity contribution is -0.131. The van der Waals surface area contributed by atoms with Gasteiger partial charge in [-0.2, -0.15) is 5.26 Å². The van der Waals surface area contributed by atoms with Gasteiger partial charge < -0.3 is 14.7 Å². The van der Waals surface area contributed by atoms with Crippen molar-refractivity contribution in [3.8, 4) is 11.8 Å². The number of nitriles is 1. The van der Waals surface area contributed by atoms with Gasteiger partial charge in [-0.3, -0.25) is 4.79 Å². The van der Waals surface area contributed by atoms with E-state index in [1.165, 1.54) is 0 Å². The summed E-state index contributed by atoms with van der Waals surface area (Å²) < 4.78 is 5.26. The molecule has 0 radical (unpaired) electrons. The van der Waals surface area contributed by atoms with E-state index in [0.717, 1.165) is 16.9 Å². The smallest absolute Gasteiger partial charge is 0.227 e. The summed E-state index contributed by atoms with van der Waals surface area (Å²) in [5.74, 6) is 0.701. The lowest BCUT2D eigenvalue weighted by Crippen LogP contribution is -2.33. The summed E-state index contributed by atoms with van der Waals surface area (Å²) in [5, 5.41) is 18.9. The summed E-state index contributed by atoms with van der Waals surface area (Å²) in [6.45, 7) is 0.330. The standard InChI is InChI=1S/C20H20N2O3/c1-25-18-4-2-3-16(10-18)19-11-17(23)13-22(19)20(24)9-14-5-7-15(12-21)8-6-14/h2-8,10,17,19,23H,9,11,13H2,1H3. The number of methoxy groups -OCH3 is 1. The number of nitrogens with zero attached hydrogens (tertiary/aromatic N) is 2. The quantitative estimate of drug-likeness (QED) is 0.931. The maximum absolute atomic E-state index is 12.8. The van der Waals surface area contributed by atoms with Crippen LogP contribution in [0.15, 0.2) is 48.5 Å². The molecule has 128 valence electrons. The molecule has 3 rings (SSSR count). The summed E-state index contributed by atoms with van der Waals surface area (Å²) in [4.78, 5) is 14.5. The number of carbonyl (C=O) groups excluding carboxylic acids is 1. The van der Waals surface area contributed by atoms with E-state index >= 15 is 0 Å². The molecule has 25 heavy (non-hydrogen) atoms. The molecule has 2 aromatic carbocycles. The van der Waals surface area contributed by atoms with Crippen LogP contribution in [0.5, 0.6) is 5.75 Å². The van der Waals surface area contributed by atoms with Gasteiger partial charge in [0.1, 0.15) is 5.75 Å². The molecule has 1 amide bonds. The molecular formula is C20H20N2O3. The van der Waals surface area contributed by atoms with E-state index in [1.807, 2.05) is 24.3 Å². The predicted octanol–water partition coefficient (Wildman–Crippen LogP) is 2.44. The molecule has 5 nitrogen and oxygen atoms in total. The van der Waals surface area contributed by atoms with Crippen molar-refractivity contribution >= 4 is 5.91 Å². The SMILES string of the molecule is COc1cccc(C2CC(O)CN2C(=O)Cc2ccc(C#N)cc2)c1. The number of likely N-dealkylation sites (tertiary alicyclic amines) is 1. The molecule has 1 saturated heterocycles. The molecule has 0 spiro atoms. The Bertz CT molecular complexity index is 795. The van der Waals surface area contributed by atoms with Gasteiger partial charge in [-0.1, -0.05) is 24.3 Å². The van der Waals surface area contributed by atoms with Crippen LogP contribution in [0, 0.1) is 11.3 Å². The highest BCUT2D eigenvalue weighted by molar-refractivity contribution is 5.79. The van der Waals surface area contributed by atoms with Gasteiger partial charge in [0.25, 0.3) is 0 Å². The van der Waals surface area contributed by atoms with E-state index in [1.54, 1.807) is 36.3 Å². The molecule has 2 unspecified atom stereocenters. The molecule has 1 heterocycles. The maximum Gasteiger partial charge on any atom is 0.227 e. The zero-order chi connectivity index (χ0) is 17.8. The van der Waals surface area contributed by atoms with Crippen LogP contribution < -0.4 is 4.74 Å². The van der Waals surface area contributed by atoms with Crippen molar-refractivity contribution in [2.45, 2.75) is 25.0 Å². The molecule has 0 aliphatic carbocycles. The zero-order valence-electron chi connectivity index (χ0n) is 14.1. The Morgan fingerprint density at radius 2 is 2.08 bits per heavy atom. The first-order valence-corrected chi connectivity index (χ1v) is 8.21. The number of aliphatic hydroxyl groups excluding tert-OH is 1. The van der Waals surface area contributed by atoms with Crippen molar-refractivity contribution in [1.29, 1.82) is 5.26 Å². The Balaban J connectivity index is 1.78. The number of amides is 1. The van der Waals surface area contributed by atoms with E-state index in [9.17, 15) is 9.90 Å². The zero-order valence-corrected chi connectivity index (χ0v) is 14.1. The Labute approximate surface area is 147 Å². The second kappa shape index (κ2) is 7.37. The van der Waals surface area contributed by atoms with Crippen LogP contribution in [0.1, 0.15) is 29.2 Å². The number of hydrogen-bond donors (Lipinski definition) is 1. The van der Waals surface area contributed by atoms with Gasteiger partial charge in [-0.15, -0.1) is 0 Å². The van der Waals surface area contributed by atoms with E-state index < -0.39 is 6.10 Å². The molecular weight excluding hydrogens is 316 g/mol. The highest BCUT2D eigenvalue weighted by Crippen LogP contribution is 2.34. The van der Waals surface area contributed by atoms with Crippen LogP contribution in [-0.2, 0) is 11.2 Å². The molecule has 1 aliphatic heterocycles. The number of benzene rings is 2. The third kappa shape index (κ3) is 3.81. The second-order valence-electron chi connectivity index (χ2n) is 6.21. The van der Waals surface area contributed by atoms with Crippen molar-refractivity contribution < 1.29 is 14.6 Å². The fourth-order valence-electron chi connectivity index (χ4n) is 3.23. The molecule has 0 bridgehead atoms. The minimum Gasteiger partial charge on any atom is -0.497 e. The molecule has 1 fully saturated rings. The number of carbonyl (C=O) groups is 1. The number of ether oxygens (including phenoxy) is 1. The van der Waals surface area contributed by atoms with Crippen molar-refractivity contribution in [1.82, 2.24) is 4.90 Å². The third-order valence-corrected chi connectivity index (χ3v) is 4.52. The third-order valence-electron chi connectivity index (χ3n) is 4.52. The second-order valence-corrected chi connectivity index (χ2v) is 6.21. The first-order valence-electron chi connectivity index (χ1n) is 8.21. The molecule has 5 heteroatoms. The average Bonchev–Trinajstić information content (AvgIpc) is 3.04. The van der Waals surface area contributed by atoms with Crippen LogP contribution >= 0.6 is 0 Å². The maximum atomic E-state index is 12.8. The number of rotatable bonds is 4. The normalized spacial score (nSPS) is 19.5. The Morgan fingerprint density at radius 3 is 2.76 bits per heavy atom. The average molecular weight is 336 g/mol. The molecule has 2 aromatic rings. The lowest BCUT2D eigenvalue weighted by atomic mass is 10.0. The van der Waals surface area contributed by atoms with Crippen LogP contribution in [-0.4, -0.2) is 35.7 Å². The topological polar surface area (TPSA) is 73.6 Å². The Hall–Kier alpha value is -2.84. The van der Waals surface area contributed by atoms with Gasteiger partial charge in [0.05, 0.1) is 37.3 Å². The van der Waals surface area contributed by atoms with Crippen LogP contribution in [0.25, 0.3) is 0 Å². The monoisotopic (exact) mass is 336 g/mol. The summed E-state index contributed by atoms with van der Waals surface area (Å²) in [7, 11) is 1.61. The fourth-order valence-corrected chi connectivity index (χ4v) is 3.23. The van der Waals surface area contributed by atoms with Crippen molar-refractivity contribution in [2.75, 3.05) is 13.7 Å². The lowest BCUT2D eigenvalue weighted by Gasteiger charge is -2.25. The Kier molecular flexibility index (Phi) is 5.01. The minimum atomic E-state index is -0.527. The van der Waals surface area contributed by atoms with Crippen molar-refractivity contribution in [2.24, 2.45) is 0 Å². The molecule has 1 aliphatic rings. The number of aliphatic hydroxyl groups is 1. The first-order chi connectivity index (χ1) is 12.1. The van der Waals surface area contributed by atoms with Gasteiger partial charge >= 0.3 is 0 Å². The molecule has 0 saturated carbocycles. The number of hydrogen-bond acceptors (Lipinski definition) is 4. The molecule has 1 N–H and O–H groups in total. The van der Waals surface area contributed by atoms with E-state index in [2.05, 4.69) is 6.07 Å². The summed E-state index contributed by atoms with van der Waals surface area (Å²) in [5.41, 5.74) is 2.39. The van der Waals surface area contributed by atoms with Crippen LogP contribution in [0.4, 0.5) is 0 Å². The van der Waals surface area contributed by atoms with Crippen LogP contribution in [0.3, 0.4) is 0 Å². The van der Waals surface area contributed by atoms with Crippen LogP contribution in [0.2, 0.25) is 0 Å². The van der Waals surface area contributed by atoms with Crippen molar-refractivity contribution in [3.05, 3.63) is 65.2 Å². The van der Waals surface area contributed by atoms with E-state index in [0.29, 0.717) is 18.5 Å². The first kappa shape index (κ1) is 17.0. The predicted molar refractivity (Wildman–Crippen MR) is 92.9 cm³/mol. The number of β-amino-alcohol motifs (C(OH)–C–C–N with tert-alkyl or cyclic N) is 1. The van der Waals surface area contributed by atoms with E-state index in [4.69, 9.17) is 10.00 Å². The highest BCUT2D eigenvalue weighted by Gasteiger charge is 2.35.